The van der Waals surface area contributed by atoms with Crippen molar-refractivity contribution in [3.05, 3.63) is 51.2 Å². The fraction of sp³-hybridized carbons (Fsp3) is 0.375. The topological polar surface area (TPSA) is 21.3 Å². The molecule has 0 fully saturated rings. The second-order valence-corrected chi connectivity index (χ2v) is 6.45. The van der Waals surface area contributed by atoms with Crippen molar-refractivity contribution in [1.29, 1.82) is 0 Å². The number of hydrogen-bond acceptors (Lipinski definition) is 3. The lowest BCUT2D eigenvalue weighted by atomic mass is 10.0. The van der Waals surface area contributed by atoms with Gasteiger partial charge in [0.2, 0.25) is 0 Å². The molecule has 100 valence electrons. The van der Waals surface area contributed by atoms with Gasteiger partial charge < -0.3 is 10.1 Å². The molecule has 0 saturated heterocycles. The molecule has 0 spiro atoms. The largest absolute Gasteiger partial charge is 0.493 e. The maximum absolute atomic E-state index is 5.55. The van der Waals surface area contributed by atoms with Gasteiger partial charge in [-0.2, -0.15) is 0 Å². The zero-order valence-corrected chi connectivity index (χ0v) is 12.2. The Bertz CT molecular complexity index is 576. The van der Waals surface area contributed by atoms with Crippen LogP contribution in [0.25, 0.3) is 0 Å². The van der Waals surface area contributed by atoms with Gasteiger partial charge in [0.25, 0.3) is 0 Å². The molecule has 1 aromatic heterocycles. The maximum Gasteiger partial charge on any atom is 0.122 e. The van der Waals surface area contributed by atoms with Crippen LogP contribution < -0.4 is 10.1 Å². The van der Waals surface area contributed by atoms with Crippen LogP contribution in [0.2, 0.25) is 0 Å². The van der Waals surface area contributed by atoms with E-state index in [9.17, 15) is 0 Å². The molecule has 1 atom stereocenters. The number of rotatable bonds is 4. The molecule has 1 unspecified atom stereocenters. The molecule has 0 saturated carbocycles. The summed E-state index contributed by atoms with van der Waals surface area (Å²) in [5, 5.41) is 3.59. The van der Waals surface area contributed by atoms with Crippen molar-refractivity contribution < 1.29 is 4.74 Å². The minimum absolute atomic E-state index is 0.369. The normalized spacial score (nSPS) is 15.1. The lowest BCUT2D eigenvalue weighted by molar-refractivity contribution is 0.356. The zero-order valence-electron chi connectivity index (χ0n) is 11.4. The molecule has 1 aromatic carbocycles. The van der Waals surface area contributed by atoms with E-state index in [1.54, 1.807) is 0 Å². The van der Waals surface area contributed by atoms with E-state index >= 15 is 0 Å². The Morgan fingerprint density at radius 2 is 2.21 bits per heavy atom. The van der Waals surface area contributed by atoms with Gasteiger partial charge in [-0.25, -0.2) is 0 Å². The predicted octanol–water partition coefficient (Wildman–Crippen LogP) is 3.84. The predicted molar refractivity (Wildman–Crippen MR) is 80.0 cm³/mol. The fourth-order valence-electron chi connectivity index (χ4n) is 2.43. The minimum atomic E-state index is 0.369. The van der Waals surface area contributed by atoms with Crippen LogP contribution in [0.5, 0.6) is 5.75 Å². The van der Waals surface area contributed by atoms with E-state index in [4.69, 9.17) is 4.74 Å². The van der Waals surface area contributed by atoms with Gasteiger partial charge in [0, 0.05) is 28.8 Å². The Hall–Kier alpha value is -1.32. The van der Waals surface area contributed by atoms with E-state index in [0.29, 0.717) is 6.04 Å². The average molecular weight is 273 g/mol. The van der Waals surface area contributed by atoms with Gasteiger partial charge in [0.1, 0.15) is 5.75 Å². The molecule has 1 aliphatic heterocycles. The molecule has 0 amide bonds. The number of benzene rings is 1. The van der Waals surface area contributed by atoms with Crippen LogP contribution in [0, 0.1) is 6.92 Å². The fourth-order valence-corrected chi connectivity index (χ4v) is 3.27. The van der Waals surface area contributed by atoms with Gasteiger partial charge in [-0.05, 0) is 43.2 Å². The number of hydrogen-bond donors (Lipinski definition) is 1. The summed E-state index contributed by atoms with van der Waals surface area (Å²) < 4.78 is 5.55. The Morgan fingerprint density at radius 1 is 1.32 bits per heavy atom. The van der Waals surface area contributed by atoms with E-state index < -0.39 is 0 Å². The third kappa shape index (κ3) is 2.82. The zero-order chi connectivity index (χ0) is 13.2. The van der Waals surface area contributed by atoms with Gasteiger partial charge >= 0.3 is 0 Å². The number of fused-ring (bicyclic) bond motifs is 1. The van der Waals surface area contributed by atoms with E-state index in [0.717, 1.165) is 25.3 Å². The Balaban J connectivity index is 1.65. The first kappa shape index (κ1) is 12.7. The van der Waals surface area contributed by atoms with Gasteiger partial charge in [0.05, 0.1) is 6.61 Å². The standard InChI is InChI=1S/C16H19NOS/c1-11-3-5-15(19-11)10-17-12(2)13-4-6-16-14(9-13)7-8-18-16/h3-6,9,12,17H,7-8,10H2,1-2H3. The van der Waals surface area contributed by atoms with Crippen LogP contribution in [-0.4, -0.2) is 6.61 Å². The highest BCUT2D eigenvalue weighted by Gasteiger charge is 2.14. The second kappa shape index (κ2) is 5.35. The summed E-state index contributed by atoms with van der Waals surface area (Å²) in [4.78, 5) is 2.77. The molecule has 2 nitrogen and oxygen atoms in total. The van der Waals surface area contributed by atoms with Gasteiger partial charge in [0.15, 0.2) is 0 Å². The SMILES string of the molecule is Cc1ccc(CNC(C)c2ccc3c(c2)CCO3)s1. The summed E-state index contributed by atoms with van der Waals surface area (Å²) in [7, 11) is 0. The molecule has 19 heavy (non-hydrogen) atoms. The highest BCUT2D eigenvalue weighted by Crippen LogP contribution is 2.28. The van der Waals surface area contributed by atoms with E-state index in [2.05, 4.69) is 49.5 Å². The van der Waals surface area contributed by atoms with Crippen molar-refractivity contribution in [2.45, 2.75) is 32.9 Å². The molecular weight excluding hydrogens is 254 g/mol. The molecule has 2 heterocycles. The molecule has 3 heteroatoms. The number of ether oxygens (including phenoxy) is 1. The van der Waals surface area contributed by atoms with Crippen molar-refractivity contribution in [3.8, 4) is 5.75 Å². The van der Waals surface area contributed by atoms with Crippen molar-refractivity contribution in [2.24, 2.45) is 0 Å². The quantitative estimate of drug-likeness (QED) is 0.914. The smallest absolute Gasteiger partial charge is 0.122 e. The Labute approximate surface area is 118 Å². The number of nitrogens with one attached hydrogen (secondary N) is 1. The molecule has 3 rings (SSSR count). The van der Waals surface area contributed by atoms with Gasteiger partial charge in [-0.15, -0.1) is 11.3 Å². The summed E-state index contributed by atoms with van der Waals surface area (Å²) >= 11 is 1.86. The van der Waals surface area contributed by atoms with Crippen LogP contribution in [0.1, 0.15) is 33.8 Å². The van der Waals surface area contributed by atoms with Gasteiger partial charge in [-0.1, -0.05) is 12.1 Å². The lowest BCUT2D eigenvalue weighted by Gasteiger charge is -2.14. The molecule has 0 aliphatic carbocycles. The minimum Gasteiger partial charge on any atom is -0.493 e. The van der Waals surface area contributed by atoms with Crippen LogP contribution in [0.15, 0.2) is 30.3 Å². The first-order valence-electron chi connectivity index (χ1n) is 6.77. The molecule has 1 N–H and O–H groups in total. The monoisotopic (exact) mass is 273 g/mol. The van der Waals surface area contributed by atoms with Gasteiger partial charge in [-0.3, -0.25) is 0 Å². The maximum atomic E-state index is 5.55. The third-order valence-electron chi connectivity index (χ3n) is 3.59. The van der Waals surface area contributed by atoms with Crippen LogP contribution in [-0.2, 0) is 13.0 Å². The van der Waals surface area contributed by atoms with Crippen LogP contribution >= 0.6 is 11.3 Å². The first-order chi connectivity index (χ1) is 9.22. The van der Waals surface area contributed by atoms with Crippen LogP contribution in [0.4, 0.5) is 0 Å². The molecule has 2 aromatic rings. The molecule has 1 aliphatic rings. The highest BCUT2D eigenvalue weighted by molar-refractivity contribution is 7.11. The van der Waals surface area contributed by atoms with Crippen molar-refractivity contribution in [2.75, 3.05) is 6.61 Å². The summed E-state index contributed by atoms with van der Waals surface area (Å²) in [6, 6.07) is 11.3. The molecular formula is C16H19NOS. The van der Waals surface area contributed by atoms with Crippen molar-refractivity contribution in [3.63, 3.8) is 0 Å². The average Bonchev–Trinajstić information content (AvgIpc) is 3.03. The Morgan fingerprint density at radius 3 is 3.00 bits per heavy atom. The van der Waals surface area contributed by atoms with Crippen LogP contribution in [0.3, 0.4) is 0 Å². The first-order valence-corrected chi connectivity index (χ1v) is 7.58. The van der Waals surface area contributed by atoms with Crippen molar-refractivity contribution >= 4 is 11.3 Å². The summed E-state index contributed by atoms with van der Waals surface area (Å²) in [5.41, 5.74) is 2.69. The highest BCUT2D eigenvalue weighted by atomic mass is 32.1. The van der Waals surface area contributed by atoms with Crippen molar-refractivity contribution in [1.82, 2.24) is 5.32 Å². The van der Waals surface area contributed by atoms with E-state index in [1.807, 2.05) is 11.3 Å². The molecule has 0 bridgehead atoms. The van der Waals surface area contributed by atoms with E-state index in [1.165, 1.54) is 20.9 Å². The summed E-state index contributed by atoms with van der Waals surface area (Å²) in [6.45, 7) is 6.14. The number of aryl methyl sites for hydroxylation is 1. The Kier molecular flexibility index (Phi) is 3.58. The summed E-state index contributed by atoms with van der Waals surface area (Å²) in [5.74, 6) is 1.06. The lowest BCUT2D eigenvalue weighted by Crippen LogP contribution is -2.17. The van der Waals surface area contributed by atoms with E-state index in [-0.39, 0.29) is 0 Å². The summed E-state index contributed by atoms with van der Waals surface area (Å²) in [6.07, 6.45) is 1.04. The second-order valence-electron chi connectivity index (χ2n) is 5.08. The molecule has 0 radical (unpaired) electrons. The third-order valence-corrected chi connectivity index (χ3v) is 4.59. The number of thiophene rings is 1.